The average molecular weight is 273 g/mol. The first-order valence-electron chi connectivity index (χ1n) is 6.41. The van der Waals surface area contributed by atoms with E-state index in [1.165, 1.54) is 0 Å². The Bertz CT molecular complexity index is 642. The summed E-state index contributed by atoms with van der Waals surface area (Å²) < 4.78 is 5.26. The molecular formula is C13H15N5O2. The maximum atomic E-state index is 11.1. The van der Waals surface area contributed by atoms with E-state index in [9.17, 15) is 4.79 Å². The molecule has 1 aliphatic rings. The molecule has 3 rings (SSSR count). The van der Waals surface area contributed by atoms with Gasteiger partial charge < -0.3 is 9.84 Å². The zero-order valence-corrected chi connectivity index (χ0v) is 11.3. The molecule has 1 aliphatic heterocycles. The molecule has 3 heterocycles. The van der Waals surface area contributed by atoms with Crippen molar-refractivity contribution in [2.45, 2.75) is 19.9 Å². The van der Waals surface area contributed by atoms with Gasteiger partial charge in [0.2, 0.25) is 17.6 Å². The Labute approximate surface area is 115 Å². The van der Waals surface area contributed by atoms with Gasteiger partial charge in [-0.2, -0.15) is 4.98 Å². The number of pyridine rings is 1. The first-order chi connectivity index (χ1) is 9.63. The third kappa shape index (κ3) is 2.39. The van der Waals surface area contributed by atoms with Crippen molar-refractivity contribution in [3.8, 4) is 11.5 Å². The standard InChI is InChI=1S/C13H15N5O2/c1-7-3-8(2)11(16-4-7)12-17-13(20-18-12)9-5-15-10(19)6-14-9/h3-4,9,14H,5-6H2,1-2H3,(H,15,19). The quantitative estimate of drug-likeness (QED) is 0.828. The van der Waals surface area contributed by atoms with E-state index < -0.39 is 0 Å². The summed E-state index contributed by atoms with van der Waals surface area (Å²) in [4.78, 5) is 19.8. The molecule has 1 atom stereocenters. The van der Waals surface area contributed by atoms with Gasteiger partial charge in [-0.1, -0.05) is 11.2 Å². The van der Waals surface area contributed by atoms with Crippen LogP contribution in [0.3, 0.4) is 0 Å². The summed E-state index contributed by atoms with van der Waals surface area (Å²) in [6, 6.07) is 1.87. The van der Waals surface area contributed by atoms with E-state index >= 15 is 0 Å². The summed E-state index contributed by atoms with van der Waals surface area (Å²) in [6.07, 6.45) is 1.78. The second-order valence-corrected chi connectivity index (χ2v) is 4.87. The van der Waals surface area contributed by atoms with Gasteiger partial charge in [0, 0.05) is 12.7 Å². The van der Waals surface area contributed by atoms with E-state index in [-0.39, 0.29) is 18.5 Å². The lowest BCUT2D eigenvalue weighted by molar-refractivity contribution is -0.121. The summed E-state index contributed by atoms with van der Waals surface area (Å²) in [7, 11) is 0. The fraction of sp³-hybridized carbons (Fsp3) is 0.385. The number of carbonyl (C=O) groups excluding carboxylic acids is 1. The average Bonchev–Trinajstić information content (AvgIpc) is 2.89. The Hall–Kier alpha value is -2.28. The topological polar surface area (TPSA) is 92.9 Å². The SMILES string of the molecule is Cc1cnc(-c2noc(C3CNC(=O)CN3)n2)c(C)c1. The molecule has 1 saturated heterocycles. The Morgan fingerprint density at radius 3 is 2.95 bits per heavy atom. The number of rotatable bonds is 2. The Morgan fingerprint density at radius 1 is 1.40 bits per heavy atom. The fourth-order valence-corrected chi connectivity index (χ4v) is 2.16. The van der Waals surface area contributed by atoms with Crippen LogP contribution in [0.2, 0.25) is 0 Å². The summed E-state index contributed by atoms with van der Waals surface area (Å²) in [6.45, 7) is 4.65. The van der Waals surface area contributed by atoms with Gasteiger partial charge in [0.25, 0.3) is 0 Å². The molecule has 0 spiro atoms. The number of aromatic nitrogens is 3. The Balaban J connectivity index is 1.84. The third-order valence-electron chi connectivity index (χ3n) is 3.18. The van der Waals surface area contributed by atoms with E-state index in [4.69, 9.17) is 4.52 Å². The molecule has 0 radical (unpaired) electrons. The Morgan fingerprint density at radius 2 is 2.25 bits per heavy atom. The minimum atomic E-state index is -0.153. The minimum absolute atomic E-state index is 0.0305. The molecule has 1 unspecified atom stereocenters. The molecule has 0 saturated carbocycles. The lowest BCUT2D eigenvalue weighted by atomic mass is 10.1. The maximum Gasteiger partial charge on any atom is 0.245 e. The monoisotopic (exact) mass is 273 g/mol. The highest BCUT2D eigenvalue weighted by Gasteiger charge is 2.24. The molecule has 2 aromatic heterocycles. The highest BCUT2D eigenvalue weighted by molar-refractivity contribution is 5.78. The lowest BCUT2D eigenvalue weighted by Crippen LogP contribution is -2.47. The van der Waals surface area contributed by atoms with Crippen molar-refractivity contribution in [2.24, 2.45) is 0 Å². The first kappa shape index (κ1) is 12.7. The van der Waals surface area contributed by atoms with Crippen LogP contribution < -0.4 is 10.6 Å². The van der Waals surface area contributed by atoms with E-state index in [1.807, 2.05) is 19.9 Å². The molecular weight excluding hydrogens is 258 g/mol. The summed E-state index contributed by atoms with van der Waals surface area (Å²) >= 11 is 0. The van der Waals surface area contributed by atoms with Gasteiger partial charge in [-0.15, -0.1) is 0 Å². The number of piperazine rings is 1. The highest BCUT2D eigenvalue weighted by atomic mass is 16.5. The number of carbonyl (C=O) groups is 1. The van der Waals surface area contributed by atoms with Crippen LogP contribution in [0.25, 0.3) is 11.5 Å². The van der Waals surface area contributed by atoms with E-state index in [2.05, 4.69) is 25.8 Å². The van der Waals surface area contributed by atoms with Gasteiger partial charge in [0.1, 0.15) is 11.7 Å². The zero-order chi connectivity index (χ0) is 14.1. The smallest absolute Gasteiger partial charge is 0.245 e. The second-order valence-electron chi connectivity index (χ2n) is 4.87. The normalized spacial score (nSPS) is 18.9. The largest absolute Gasteiger partial charge is 0.353 e. The second kappa shape index (κ2) is 5.01. The predicted molar refractivity (Wildman–Crippen MR) is 70.8 cm³/mol. The molecule has 2 aromatic rings. The van der Waals surface area contributed by atoms with Gasteiger partial charge in [-0.25, -0.2) is 0 Å². The van der Waals surface area contributed by atoms with Gasteiger partial charge in [-0.3, -0.25) is 15.1 Å². The van der Waals surface area contributed by atoms with Crippen LogP contribution in [-0.4, -0.2) is 34.1 Å². The van der Waals surface area contributed by atoms with E-state index in [0.29, 0.717) is 24.0 Å². The number of hydrogen-bond acceptors (Lipinski definition) is 6. The van der Waals surface area contributed by atoms with Crippen LogP contribution in [-0.2, 0) is 4.79 Å². The third-order valence-corrected chi connectivity index (χ3v) is 3.18. The van der Waals surface area contributed by atoms with Crippen LogP contribution in [0.4, 0.5) is 0 Å². The number of amides is 1. The molecule has 104 valence electrons. The van der Waals surface area contributed by atoms with Crippen molar-refractivity contribution in [3.05, 3.63) is 29.3 Å². The van der Waals surface area contributed by atoms with Crippen molar-refractivity contribution in [2.75, 3.05) is 13.1 Å². The first-order valence-corrected chi connectivity index (χ1v) is 6.41. The van der Waals surface area contributed by atoms with Crippen molar-refractivity contribution in [3.63, 3.8) is 0 Å². The van der Waals surface area contributed by atoms with Gasteiger partial charge >= 0.3 is 0 Å². The zero-order valence-electron chi connectivity index (χ0n) is 11.3. The number of nitrogens with zero attached hydrogens (tertiary/aromatic N) is 3. The van der Waals surface area contributed by atoms with Crippen molar-refractivity contribution in [1.29, 1.82) is 0 Å². The highest BCUT2D eigenvalue weighted by Crippen LogP contribution is 2.21. The van der Waals surface area contributed by atoms with Crippen molar-refractivity contribution < 1.29 is 9.32 Å². The minimum Gasteiger partial charge on any atom is -0.353 e. The van der Waals surface area contributed by atoms with Crippen LogP contribution in [0.1, 0.15) is 23.1 Å². The van der Waals surface area contributed by atoms with E-state index in [1.54, 1.807) is 6.20 Å². The molecule has 0 aliphatic carbocycles. The summed E-state index contributed by atoms with van der Waals surface area (Å²) in [5.41, 5.74) is 2.80. The van der Waals surface area contributed by atoms with Crippen LogP contribution >= 0.6 is 0 Å². The molecule has 20 heavy (non-hydrogen) atoms. The molecule has 7 nitrogen and oxygen atoms in total. The van der Waals surface area contributed by atoms with E-state index in [0.717, 1.165) is 11.1 Å². The number of aryl methyl sites for hydroxylation is 2. The van der Waals surface area contributed by atoms with Crippen LogP contribution in [0, 0.1) is 13.8 Å². The summed E-state index contributed by atoms with van der Waals surface area (Å²) in [5, 5.41) is 9.77. The predicted octanol–water partition coefficient (Wildman–Crippen LogP) is 0.509. The molecule has 2 N–H and O–H groups in total. The molecule has 0 bridgehead atoms. The maximum absolute atomic E-state index is 11.1. The van der Waals surface area contributed by atoms with Gasteiger partial charge in [-0.05, 0) is 25.0 Å². The molecule has 7 heteroatoms. The van der Waals surface area contributed by atoms with Crippen molar-refractivity contribution in [1.82, 2.24) is 25.8 Å². The van der Waals surface area contributed by atoms with Gasteiger partial charge in [0.15, 0.2) is 0 Å². The van der Waals surface area contributed by atoms with Crippen molar-refractivity contribution >= 4 is 5.91 Å². The Kier molecular flexibility index (Phi) is 3.19. The molecule has 1 fully saturated rings. The van der Waals surface area contributed by atoms with Crippen LogP contribution in [0.5, 0.6) is 0 Å². The molecule has 0 aromatic carbocycles. The lowest BCUT2D eigenvalue weighted by Gasteiger charge is -2.20. The number of hydrogen-bond donors (Lipinski definition) is 2. The summed E-state index contributed by atoms with van der Waals surface area (Å²) in [5.74, 6) is 0.898. The molecule has 1 amide bonds. The fourth-order valence-electron chi connectivity index (χ4n) is 2.16. The van der Waals surface area contributed by atoms with Crippen LogP contribution in [0.15, 0.2) is 16.8 Å². The number of nitrogens with one attached hydrogen (secondary N) is 2. The van der Waals surface area contributed by atoms with Gasteiger partial charge in [0.05, 0.1) is 6.54 Å².